The van der Waals surface area contributed by atoms with Crippen molar-refractivity contribution < 1.29 is 9.21 Å². The second-order valence-electron chi connectivity index (χ2n) is 5.79. The lowest BCUT2D eigenvalue weighted by molar-refractivity contribution is -0.116. The summed E-state index contributed by atoms with van der Waals surface area (Å²) in [7, 11) is 0. The Balaban J connectivity index is 2.04. The fraction of sp³-hybridized carbons (Fsp3) is 0.389. The monoisotopic (exact) mass is 317 g/mol. The number of benzene rings is 1. The number of thioether (sulfide) groups is 1. The second-order valence-corrected chi connectivity index (χ2v) is 6.92. The Hall–Kier alpha value is -1.68. The number of hydrogen-bond acceptors (Lipinski definition) is 3. The van der Waals surface area contributed by atoms with E-state index in [-0.39, 0.29) is 17.1 Å². The Morgan fingerprint density at radius 1 is 1.23 bits per heavy atom. The number of furan rings is 1. The maximum Gasteiger partial charge on any atom is 0.237 e. The predicted octanol–water partition coefficient (Wildman–Crippen LogP) is 4.79. The van der Waals surface area contributed by atoms with Crippen LogP contribution in [0.3, 0.4) is 0 Å². The van der Waals surface area contributed by atoms with Gasteiger partial charge in [0.25, 0.3) is 0 Å². The van der Waals surface area contributed by atoms with E-state index in [1.165, 1.54) is 5.56 Å². The van der Waals surface area contributed by atoms with Crippen molar-refractivity contribution in [3.63, 3.8) is 0 Å². The molecule has 1 aromatic carbocycles. The van der Waals surface area contributed by atoms with Gasteiger partial charge in [-0.25, -0.2) is 0 Å². The van der Waals surface area contributed by atoms with Crippen LogP contribution in [-0.4, -0.2) is 11.2 Å². The fourth-order valence-corrected chi connectivity index (χ4v) is 3.33. The maximum absolute atomic E-state index is 12.6. The summed E-state index contributed by atoms with van der Waals surface area (Å²) in [6.07, 6.45) is 1.66. The molecule has 0 saturated heterocycles. The fourth-order valence-electron chi connectivity index (χ4n) is 2.23. The first-order chi connectivity index (χ1) is 10.5. The predicted molar refractivity (Wildman–Crippen MR) is 93.2 cm³/mol. The van der Waals surface area contributed by atoms with E-state index >= 15 is 0 Å². The minimum Gasteiger partial charge on any atom is -0.468 e. The number of rotatable bonds is 6. The molecule has 0 aliphatic heterocycles. The van der Waals surface area contributed by atoms with Crippen LogP contribution in [0.1, 0.15) is 30.7 Å². The summed E-state index contributed by atoms with van der Waals surface area (Å²) in [4.78, 5) is 12.6. The van der Waals surface area contributed by atoms with Crippen LogP contribution in [0.15, 0.2) is 41.0 Å². The minimum atomic E-state index is -0.106. The Kier molecular flexibility index (Phi) is 5.72. The van der Waals surface area contributed by atoms with Crippen LogP contribution in [-0.2, 0) is 10.5 Å². The number of carbonyl (C=O) groups excluding carboxylic acids is 1. The molecule has 0 fully saturated rings. The van der Waals surface area contributed by atoms with Crippen LogP contribution in [0.4, 0.5) is 5.69 Å². The highest BCUT2D eigenvalue weighted by Gasteiger charge is 2.23. The third-order valence-electron chi connectivity index (χ3n) is 3.71. The maximum atomic E-state index is 12.6. The van der Waals surface area contributed by atoms with Crippen LogP contribution in [0.5, 0.6) is 0 Å². The number of carbonyl (C=O) groups is 1. The first-order valence-electron chi connectivity index (χ1n) is 7.50. The summed E-state index contributed by atoms with van der Waals surface area (Å²) in [5.41, 5.74) is 3.20. The van der Waals surface area contributed by atoms with Crippen molar-refractivity contribution >= 4 is 23.4 Å². The lowest BCUT2D eigenvalue weighted by Crippen LogP contribution is -2.30. The van der Waals surface area contributed by atoms with Gasteiger partial charge in [-0.2, -0.15) is 0 Å². The molecule has 3 nitrogen and oxygen atoms in total. The molecule has 0 aliphatic rings. The molecule has 0 radical (unpaired) electrons. The molecule has 4 heteroatoms. The van der Waals surface area contributed by atoms with Crippen molar-refractivity contribution in [3.05, 3.63) is 53.5 Å². The molecule has 0 saturated carbocycles. The third kappa shape index (κ3) is 4.17. The lowest BCUT2D eigenvalue weighted by Gasteiger charge is -2.20. The zero-order chi connectivity index (χ0) is 16.1. The molecule has 0 aliphatic carbocycles. The van der Waals surface area contributed by atoms with Crippen LogP contribution < -0.4 is 5.32 Å². The molecule has 1 heterocycles. The molecule has 1 atom stereocenters. The van der Waals surface area contributed by atoms with Gasteiger partial charge in [0.15, 0.2) is 0 Å². The van der Waals surface area contributed by atoms with E-state index in [2.05, 4.69) is 32.2 Å². The van der Waals surface area contributed by atoms with E-state index < -0.39 is 0 Å². The summed E-state index contributed by atoms with van der Waals surface area (Å²) in [5, 5.41) is 2.97. The molecule has 1 unspecified atom stereocenters. The van der Waals surface area contributed by atoms with Crippen molar-refractivity contribution in [2.75, 3.05) is 5.32 Å². The van der Waals surface area contributed by atoms with Crippen molar-refractivity contribution in [3.8, 4) is 0 Å². The molecule has 2 rings (SSSR count). The summed E-state index contributed by atoms with van der Waals surface area (Å²) in [5.74, 6) is 1.91. The van der Waals surface area contributed by atoms with Gasteiger partial charge in [0.2, 0.25) is 5.91 Å². The van der Waals surface area contributed by atoms with Crippen LogP contribution in [0.2, 0.25) is 0 Å². The van der Waals surface area contributed by atoms with E-state index in [1.54, 1.807) is 18.0 Å². The Morgan fingerprint density at radius 2 is 2.00 bits per heavy atom. The molecule has 1 amide bonds. The van der Waals surface area contributed by atoms with Crippen molar-refractivity contribution in [1.82, 2.24) is 0 Å². The second kappa shape index (κ2) is 7.54. The van der Waals surface area contributed by atoms with Gasteiger partial charge in [0, 0.05) is 5.69 Å². The van der Waals surface area contributed by atoms with Gasteiger partial charge < -0.3 is 9.73 Å². The summed E-state index contributed by atoms with van der Waals surface area (Å²) >= 11 is 1.62. The number of hydrogen-bond donors (Lipinski definition) is 1. The molecule has 22 heavy (non-hydrogen) atoms. The van der Waals surface area contributed by atoms with Gasteiger partial charge in [0.05, 0.1) is 17.3 Å². The summed E-state index contributed by atoms with van der Waals surface area (Å²) in [6.45, 7) is 8.23. The van der Waals surface area contributed by atoms with Crippen LogP contribution in [0.25, 0.3) is 0 Å². The molecule has 118 valence electrons. The number of anilines is 1. The molecule has 1 aromatic heterocycles. The van der Waals surface area contributed by atoms with Gasteiger partial charge >= 0.3 is 0 Å². The molecule has 0 bridgehead atoms. The lowest BCUT2D eigenvalue weighted by atomic mass is 10.1. The molecule has 0 spiro atoms. The largest absolute Gasteiger partial charge is 0.468 e. The van der Waals surface area contributed by atoms with E-state index in [0.29, 0.717) is 5.75 Å². The Labute approximate surface area is 136 Å². The van der Waals surface area contributed by atoms with E-state index in [4.69, 9.17) is 4.42 Å². The summed E-state index contributed by atoms with van der Waals surface area (Å²) in [6, 6.07) is 9.78. The Morgan fingerprint density at radius 3 is 2.64 bits per heavy atom. The van der Waals surface area contributed by atoms with E-state index in [0.717, 1.165) is 17.0 Å². The molecule has 2 aromatic rings. The SMILES string of the molecule is Cc1cccc(NC(=O)C(SCc2ccco2)C(C)C)c1C. The van der Waals surface area contributed by atoms with Crippen molar-refractivity contribution in [1.29, 1.82) is 0 Å². The highest BCUT2D eigenvalue weighted by Crippen LogP contribution is 2.26. The zero-order valence-electron chi connectivity index (χ0n) is 13.6. The summed E-state index contributed by atoms with van der Waals surface area (Å²) < 4.78 is 5.34. The average molecular weight is 317 g/mol. The van der Waals surface area contributed by atoms with Gasteiger partial charge in [-0.1, -0.05) is 26.0 Å². The van der Waals surface area contributed by atoms with Crippen molar-refractivity contribution in [2.45, 2.75) is 38.7 Å². The van der Waals surface area contributed by atoms with Crippen molar-refractivity contribution in [2.24, 2.45) is 5.92 Å². The normalized spacial score (nSPS) is 12.4. The highest BCUT2D eigenvalue weighted by atomic mass is 32.2. The Bertz CT molecular complexity index is 620. The van der Waals surface area contributed by atoms with Gasteiger partial charge in [-0.05, 0) is 49.1 Å². The number of aryl methyl sites for hydroxylation is 1. The minimum absolute atomic E-state index is 0.0558. The highest BCUT2D eigenvalue weighted by molar-refractivity contribution is 7.99. The van der Waals surface area contributed by atoms with Crippen LogP contribution in [0, 0.1) is 19.8 Å². The molecule has 1 N–H and O–H groups in total. The zero-order valence-corrected chi connectivity index (χ0v) is 14.4. The van der Waals surface area contributed by atoms with E-state index in [9.17, 15) is 4.79 Å². The van der Waals surface area contributed by atoms with Crippen LogP contribution >= 0.6 is 11.8 Å². The van der Waals surface area contributed by atoms with Gasteiger partial charge in [-0.3, -0.25) is 4.79 Å². The first-order valence-corrected chi connectivity index (χ1v) is 8.55. The number of amides is 1. The standard InChI is InChI=1S/C18H23NO2S/c1-12(2)17(22-11-15-8-6-10-21-15)18(20)19-16-9-5-7-13(3)14(16)4/h5-10,12,17H,11H2,1-4H3,(H,19,20). The smallest absolute Gasteiger partial charge is 0.237 e. The van der Waals surface area contributed by atoms with Gasteiger partial charge in [-0.15, -0.1) is 11.8 Å². The third-order valence-corrected chi connectivity index (χ3v) is 5.28. The quantitative estimate of drug-likeness (QED) is 0.832. The molecular formula is C18H23NO2S. The molecular weight excluding hydrogens is 294 g/mol. The van der Waals surface area contributed by atoms with Gasteiger partial charge in [0.1, 0.15) is 5.76 Å². The first kappa shape index (κ1) is 16.7. The topological polar surface area (TPSA) is 42.2 Å². The number of nitrogens with one attached hydrogen (secondary N) is 1. The average Bonchev–Trinajstić information content (AvgIpc) is 2.97. The van der Waals surface area contributed by atoms with E-state index in [1.807, 2.05) is 31.2 Å².